The number of hydrogen-bond acceptors (Lipinski definition) is 1. The fourth-order valence-corrected chi connectivity index (χ4v) is 2.48. The molecule has 0 saturated carbocycles. The van der Waals surface area contributed by atoms with Crippen LogP contribution in [0.4, 0.5) is 22.0 Å². The highest BCUT2D eigenvalue weighted by molar-refractivity contribution is 5.71. The molecule has 0 aromatic heterocycles. The lowest BCUT2D eigenvalue weighted by molar-refractivity contribution is 0.411. The van der Waals surface area contributed by atoms with Crippen molar-refractivity contribution in [3.05, 3.63) is 77.6 Å². The standard InChI is InChI=1S/C19H11F5O/c1-25-12-3-5-13(16(21)9-12)10-2-4-14(15(20)6-10)11-7-17(22)19(24)18(23)8-11/h2-9H,1H3. The van der Waals surface area contributed by atoms with Gasteiger partial charge < -0.3 is 4.74 Å². The molecule has 0 aliphatic carbocycles. The monoisotopic (exact) mass is 350 g/mol. The summed E-state index contributed by atoms with van der Waals surface area (Å²) in [5.41, 5.74) is 0.0956. The van der Waals surface area contributed by atoms with Gasteiger partial charge in [-0.05, 0) is 41.5 Å². The van der Waals surface area contributed by atoms with Gasteiger partial charge >= 0.3 is 0 Å². The highest BCUT2D eigenvalue weighted by atomic mass is 19.2. The van der Waals surface area contributed by atoms with Gasteiger partial charge in [0.2, 0.25) is 0 Å². The second-order valence-electron chi connectivity index (χ2n) is 5.29. The third-order valence-electron chi connectivity index (χ3n) is 3.75. The van der Waals surface area contributed by atoms with Crippen molar-refractivity contribution in [1.82, 2.24) is 0 Å². The molecule has 0 radical (unpaired) electrons. The summed E-state index contributed by atoms with van der Waals surface area (Å²) in [4.78, 5) is 0. The van der Waals surface area contributed by atoms with Gasteiger partial charge in [0.1, 0.15) is 17.4 Å². The summed E-state index contributed by atoms with van der Waals surface area (Å²) in [6.45, 7) is 0. The molecule has 3 rings (SSSR count). The van der Waals surface area contributed by atoms with E-state index in [1.807, 2.05) is 0 Å². The zero-order valence-electron chi connectivity index (χ0n) is 12.9. The molecule has 0 N–H and O–H groups in total. The first-order valence-corrected chi connectivity index (χ1v) is 7.19. The minimum absolute atomic E-state index is 0.129. The van der Waals surface area contributed by atoms with Gasteiger partial charge in [-0.3, -0.25) is 0 Å². The van der Waals surface area contributed by atoms with Crippen LogP contribution < -0.4 is 4.74 Å². The SMILES string of the molecule is COc1ccc(-c2ccc(-c3cc(F)c(F)c(F)c3)c(F)c2)c(F)c1. The van der Waals surface area contributed by atoms with Gasteiger partial charge in [0, 0.05) is 17.2 Å². The van der Waals surface area contributed by atoms with Gasteiger partial charge in [0.25, 0.3) is 0 Å². The minimum Gasteiger partial charge on any atom is -0.497 e. The predicted molar refractivity (Wildman–Crippen MR) is 83.7 cm³/mol. The van der Waals surface area contributed by atoms with E-state index in [9.17, 15) is 22.0 Å². The van der Waals surface area contributed by atoms with Gasteiger partial charge in [0.15, 0.2) is 17.5 Å². The van der Waals surface area contributed by atoms with E-state index >= 15 is 0 Å². The molecule has 3 aromatic rings. The molecule has 0 aliphatic rings. The minimum atomic E-state index is -1.62. The molecule has 25 heavy (non-hydrogen) atoms. The van der Waals surface area contributed by atoms with Gasteiger partial charge in [-0.15, -0.1) is 0 Å². The summed E-state index contributed by atoms with van der Waals surface area (Å²) in [5.74, 6) is -5.57. The maximum absolute atomic E-state index is 14.4. The molecule has 3 aromatic carbocycles. The third-order valence-corrected chi connectivity index (χ3v) is 3.75. The Balaban J connectivity index is 2.05. The summed E-state index contributed by atoms with van der Waals surface area (Å²) < 4.78 is 73.0. The van der Waals surface area contributed by atoms with Crippen LogP contribution in [0, 0.1) is 29.1 Å². The molecule has 128 valence electrons. The number of methoxy groups -OCH3 is 1. The average Bonchev–Trinajstić information content (AvgIpc) is 2.59. The number of ether oxygens (including phenoxy) is 1. The Morgan fingerprint density at radius 1 is 0.600 bits per heavy atom. The van der Waals surface area contributed by atoms with E-state index in [0.29, 0.717) is 17.9 Å². The molecule has 0 fully saturated rings. The molecule has 0 aliphatic heterocycles. The van der Waals surface area contributed by atoms with Crippen molar-refractivity contribution in [2.75, 3.05) is 7.11 Å². The maximum atomic E-state index is 14.4. The van der Waals surface area contributed by atoms with E-state index in [2.05, 4.69) is 0 Å². The summed E-state index contributed by atoms with van der Waals surface area (Å²) in [6.07, 6.45) is 0. The zero-order chi connectivity index (χ0) is 18.1. The van der Waals surface area contributed by atoms with Crippen LogP contribution in [0.25, 0.3) is 22.3 Å². The first kappa shape index (κ1) is 17.0. The third kappa shape index (κ3) is 3.20. The molecule has 0 bridgehead atoms. The summed E-state index contributed by atoms with van der Waals surface area (Å²) in [5, 5.41) is 0. The number of hydrogen-bond donors (Lipinski definition) is 0. The highest BCUT2D eigenvalue weighted by Crippen LogP contribution is 2.31. The molecule has 0 saturated heterocycles. The van der Waals surface area contributed by atoms with E-state index < -0.39 is 29.1 Å². The van der Waals surface area contributed by atoms with E-state index in [4.69, 9.17) is 4.74 Å². The molecule has 0 atom stereocenters. The molecular weight excluding hydrogens is 339 g/mol. The van der Waals surface area contributed by atoms with E-state index in [1.54, 1.807) is 0 Å². The van der Waals surface area contributed by atoms with Crippen LogP contribution in [-0.4, -0.2) is 7.11 Å². The molecule has 1 nitrogen and oxygen atoms in total. The van der Waals surface area contributed by atoms with E-state index in [0.717, 1.165) is 12.1 Å². The number of halogens is 5. The first-order valence-electron chi connectivity index (χ1n) is 7.19. The van der Waals surface area contributed by atoms with Crippen LogP contribution in [-0.2, 0) is 0 Å². The van der Waals surface area contributed by atoms with Gasteiger partial charge in [0.05, 0.1) is 7.11 Å². The maximum Gasteiger partial charge on any atom is 0.194 e. The topological polar surface area (TPSA) is 9.23 Å². The fourth-order valence-electron chi connectivity index (χ4n) is 2.48. The van der Waals surface area contributed by atoms with Crippen LogP contribution >= 0.6 is 0 Å². The quantitative estimate of drug-likeness (QED) is 0.433. The summed E-state index contributed by atoms with van der Waals surface area (Å²) in [6, 6.07) is 9.21. The molecule has 0 heterocycles. The van der Waals surface area contributed by atoms with Crippen molar-refractivity contribution in [1.29, 1.82) is 0 Å². The lowest BCUT2D eigenvalue weighted by atomic mass is 9.99. The van der Waals surface area contributed by atoms with Crippen LogP contribution in [0.2, 0.25) is 0 Å². The normalized spacial score (nSPS) is 10.8. The highest BCUT2D eigenvalue weighted by Gasteiger charge is 2.15. The number of rotatable bonds is 3. The van der Waals surface area contributed by atoms with Crippen LogP contribution in [0.15, 0.2) is 48.5 Å². The Morgan fingerprint density at radius 3 is 1.68 bits per heavy atom. The van der Waals surface area contributed by atoms with Gasteiger partial charge in [-0.25, -0.2) is 22.0 Å². The molecule has 0 unspecified atom stereocenters. The van der Waals surface area contributed by atoms with Gasteiger partial charge in [-0.1, -0.05) is 12.1 Å². The van der Waals surface area contributed by atoms with Crippen molar-refractivity contribution in [3.8, 4) is 28.0 Å². The Labute approximate surface area is 140 Å². The Bertz CT molecular complexity index is 930. The van der Waals surface area contributed by atoms with Crippen molar-refractivity contribution >= 4 is 0 Å². The molecule has 0 amide bonds. The van der Waals surface area contributed by atoms with E-state index in [1.165, 1.54) is 31.4 Å². The lowest BCUT2D eigenvalue weighted by Crippen LogP contribution is -1.94. The predicted octanol–water partition coefficient (Wildman–Crippen LogP) is 5.72. The summed E-state index contributed by atoms with van der Waals surface area (Å²) in [7, 11) is 1.39. The van der Waals surface area contributed by atoms with Crippen LogP contribution in [0.1, 0.15) is 0 Å². The second kappa shape index (κ2) is 6.55. The average molecular weight is 350 g/mol. The van der Waals surface area contributed by atoms with Crippen molar-refractivity contribution in [2.45, 2.75) is 0 Å². The first-order chi connectivity index (χ1) is 11.9. The fraction of sp³-hybridized carbons (Fsp3) is 0.0526. The Kier molecular flexibility index (Phi) is 4.44. The number of benzene rings is 3. The molecule has 6 heteroatoms. The van der Waals surface area contributed by atoms with E-state index in [-0.39, 0.29) is 22.3 Å². The Morgan fingerprint density at radius 2 is 1.12 bits per heavy atom. The Hall–Kier alpha value is -2.89. The molecule has 0 spiro atoms. The smallest absolute Gasteiger partial charge is 0.194 e. The largest absolute Gasteiger partial charge is 0.497 e. The van der Waals surface area contributed by atoms with Crippen LogP contribution in [0.3, 0.4) is 0 Å². The van der Waals surface area contributed by atoms with Gasteiger partial charge in [-0.2, -0.15) is 0 Å². The van der Waals surface area contributed by atoms with Crippen molar-refractivity contribution in [2.24, 2.45) is 0 Å². The molecular formula is C19H11F5O. The second-order valence-corrected chi connectivity index (χ2v) is 5.29. The summed E-state index contributed by atoms with van der Waals surface area (Å²) >= 11 is 0. The van der Waals surface area contributed by atoms with Crippen molar-refractivity contribution < 1.29 is 26.7 Å². The lowest BCUT2D eigenvalue weighted by Gasteiger charge is -2.09. The van der Waals surface area contributed by atoms with Crippen LogP contribution in [0.5, 0.6) is 5.75 Å². The van der Waals surface area contributed by atoms with Crippen molar-refractivity contribution in [3.63, 3.8) is 0 Å². The zero-order valence-corrected chi connectivity index (χ0v) is 12.9.